The summed E-state index contributed by atoms with van der Waals surface area (Å²) in [5, 5.41) is 0. The van der Waals surface area contributed by atoms with Gasteiger partial charge in [0.25, 0.3) is 0 Å². The van der Waals surface area contributed by atoms with Crippen molar-refractivity contribution in [2.45, 2.75) is 51.7 Å². The average molecular weight is 425 g/mol. The highest BCUT2D eigenvalue weighted by Crippen LogP contribution is 2.41. The highest BCUT2D eigenvalue weighted by Gasteiger charge is 2.49. The van der Waals surface area contributed by atoms with Gasteiger partial charge in [0.05, 0.1) is 43.0 Å². The molecule has 2 heterocycles. The molecular weight excluding hydrogens is 396 g/mol. The number of nitrogens with zero attached hydrogens (tertiary/aromatic N) is 4. The average Bonchev–Trinajstić information content (AvgIpc) is 3.26. The Bertz CT molecular complexity index is 1050. The molecule has 0 bridgehead atoms. The van der Waals surface area contributed by atoms with Crippen LogP contribution in [0, 0.1) is 17.9 Å². The molecule has 164 valence electrons. The van der Waals surface area contributed by atoms with E-state index in [1.165, 1.54) is 7.11 Å². The molecule has 1 aromatic heterocycles. The van der Waals surface area contributed by atoms with Gasteiger partial charge < -0.3 is 18.9 Å². The topological polar surface area (TPSA) is 78.0 Å². The summed E-state index contributed by atoms with van der Waals surface area (Å²) in [6, 6.07) is 5.53. The lowest BCUT2D eigenvalue weighted by Crippen LogP contribution is -2.43. The third kappa shape index (κ3) is 4.09. The Balaban J connectivity index is 1.47. The fourth-order valence-electron chi connectivity index (χ4n) is 5.01. The molecule has 31 heavy (non-hydrogen) atoms. The molecule has 1 saturated carbocycles. The molecule has 8 heteroatoms. The van der Waals surface area contributed by atoms with Gasteiger partial charge >= 0.3 is 12.1 Å². The number of hydrogen-bond acceptors (Lipinski definition) is 5. The van der Waals surface area contributed by atoms with Gasteiger partial charge in [0.2, 0.25) is 0 Å². The van der Waals surface area contributed by atoms with E-state index in [-0.39, 0.29) is 18.6 Å². The van der Waals surface area contributed by atoms with Crippen LogP contribution in [0.1, 0.15) is 39.5 Å². The van der Waals surface area contributed by atoms with Crippen molar-refractivity contribution in [1.29, 1.82) is 0 Å². The molecule has 2 aliphatic rings. The third-order valence-corrected chi connectivity index (χ3v) is 6.46. The number of methoxy groups -OCH3 is 1. The lowest BCUT2D eigenvalue weighted by atomic mass is 9.77. The largest absolute Gasteiger partial charge is 0.469 e. The van der Waals surface area contributed by atoms with Gasteiger partial charge in [-0.2, -0.15) is 0 Å². The fourth-order valence-corrected chi connectivity index (χ4v) is 5.01. The number of rotatable bonds is 5. The van der Waals surface area contributed by atoms with E-state index in [1.807, 2.05) is 18.5 Å². The van der Waals surface area contributed by atoms with Crippen molar-refractivity contribution >= 4 is 28.8 Å². The quantitative estimate of drug-likeness (QED) is 0.532. The van der Waals surface area contributed by atoms with Crippen LogP contribution in [-0.4, -0.2) is 52.3 Å². The number of aromatic nitrogens is 2. The summed E-state index contributed by atoms with van der Waals surface area (Å²) in [6.07, 6.45) is 5.10. The smallest absolute Gasteiger partial charge is 0.410 e. The molecular formula is C23H28N4O4. The number of hydrogen-bond donors (Lipinski definition) is 0. The maximum atomic E-state index is 12.6. The van der Waals surface area contributed by atoms with Crippen molar-refractivity contribution in [2.24, 2.45) is 11.3 Å². The Labute approximate surface area is 181 Å². The highest BCUT2D eigenvalue weighted by molar-refractivity contribution is 5.80. The molecule has 1 saturated heterocycles. The molecule has 0 N–H and O–H groups in total. The SMILES string of the molecule is [C-]#[N+]c1ccc2ncn(C[C@H]3CCC[C@]4(C3)CN(CC(C)(C)C(=O)OC)C(=O)O4)c2c1. The third-order valence-electron chi connectivity index (χ3n) is 6.46. The molecule has 0 unspecified atom stereocenters. The van der Waals surface area contributed by atoms with Crippen molar-refractivity contribution in [3.63, 3.8) is 0 Å². The number of amides is 1. The van der Waals surface area contributed by atoms with Gasteiger partial charge in [-0.25, -0.2) is 14.6 Å². The van der Waals surface area contributed by atoms with E-state index in [0.717, 1.165) is 43.3 Å². The summed E-state index contributed by atoms with van der Waals surface area (Å²) in [6.45, 7) is 12.4. The van der Waals surface area contributed by atoms with E-state index in [0.29, 0.717) is 18.2 Å². The predicted molar refractivity (Wildman–Crippen MR) is 115 cm³/mol. The minimum absolute atomic E-state index is 0.274. The van der Waals surface area contributed by atoms with E-state index in [1.54, 1.807) is 24.8 Å². The second kappa shape index (κ2) is 7.88. The molecule has 1 spiro atoms. The first-order chi connectivity index (χ1) is 14.7. The van der Waals surface area contributed by atoms with Crippen molar-refractivity contribution in [3.05, 3.63) is 35.9 Å². The number of ether oxygens (including phenoxy) is 2. The highest BCUT2D eigenvalue weighted by atomic mass is 16.6. The van der Waals surface area contributed by atoms with Crippen LogP contribution in [0.5, 0.6) is 0 Å². The first kappa shape index (κ1) is 21.2. The van der Waals surface area contributed by atoms with E-state index in [4.69, 9.17) is 16.0 Å². The van der Waals surface area contributed by atoms with Gasteiger partial charge in [-0.15, -0.1) is 0 Å². The predicted octanol–water partition coefficient (Wildman–Crippen LogP) is 4.17. The number of carbonyl (C=O) groups is 2. The van der Waals surface area contributed by atoms with Crippen LogP contribution < -0.4 is 0 Å². The van der Waals surface area contributed by atoms with Crippen molar-refractivity contribution < 1.29 is 19.1 Å². The molecule has 2 atom stereocenters. The molecule has 1 amide bonds. The summed E-state index contributed by atoms with van der Waals surface area (Å²) in [7, 11) is 1.36. The first-order valence-corrected chi connectivity index (χ1v) is 10.6. The molecule has 8 nitrogen and oxygen atoms in total. The Morgan fingerprint density at radius 1 is 1.45 bits per heavy atom. The van der Waals surface area contributed by atoms with Crippen LogP contribution >= 0.6 is 0 Å². The fraction of sp³-hybridized carbons (Fsp3) is 0.565. The number of imidazole rings is 1. The van der Waals surface area contributed by atoms with Crippen LogP contribution in [0.4, 0.5) is 10.5 Å². The Kier molecular flexibility index (Phi) is 5.38. The molecule has 1 aliphatic heterocycles. The molecule has 4 rings (SSSR count). The second-order valence-corrected chi connectivity index (χ2v) is 9.43. The van der Waals surface area contributed by atoms with Gasteiger partial charge in [-0.3, -0.25) is 4.79 Å². The van der Waals surface area contributed by atoms with Crippen LogP contribution in [0.15, 0.2) is 24.5 Å². The molecule has 2 aromatic rings. The summed E-state index contributed by atoms with van der Waals surface area (Å²) < 4.78 is 12.9. The standard InChI is InChI=1S/C23H28N4O4/c1-22(2,20(28)30-4)13-27-14-23(31-21(27)29)9-5-6-16(11-23)12-26-15-25-18-8-7-17(24-3)10-19(18)26/h7-8,10,15-16H,5-6,9,11-14H2,1-2,4H3/t16-,23-/m0/s1. The maximum absolute atomic E-state index is 12.6. The zero-order valence-electron chi connectivity index (χ0n) is 18.3. The molecule has 1 aromatic carbocycles. The lowest BCUT2D eigenvalue weighted by molar-refractivity contribution is -0.151. The van der Waals surface area contributed by atoms with Crippen molar-refractivity contribution in [3.8, 4) is 0 Å². The van der Waals surface area contributed by atoms with E-state index in [9.17, 15) is 9.59 Å². The van der Waals surface area contributed by atoms with Gasteiger partial charge in [0.15, 0.2) is 5.69 Å². The number of fused-ring (bicyclic) bond motifs is 1. The van der Waals surface area contributed by atoms with Gasteiger partial charge in [-0.1, -0.05) is 6.07 Å². The Hall–Kier alpha value is -3.08. The monoisotopic (exact) mass is 424 g/mol. The zero-order valence-corrected chi connectivity index (χ0v) is 18.3. The molecule has 2 fully saturated rings. The minimum Gasteiger partial charge on any atom is -0.469 e. The van der Waals surface area contributed by atoms with E-state index >= 15 is 0 Å². The summed E-state index contributed by atoms with van der Waals surface area (Å²) in [4.78, 5) is 34.3. The number of benzene rings is 1. The summed E-state index contributed by atoms with van der Waals surface area (Å²) >= 11 is 0. The minimum atomic E-state index is -0.788. The number of carbonyl (C=O) groups excluding carboxylic acids is 2. The van der Waals surface area contributed by atoms with Crippen LogP contribution in [0.3, 0.4) is 0 Å². The van der Waals surface area contributed by atoms with Crippen LogP contribution in [0.2, 0.25) is 0 Å². The van der Waals surface area contributed by atoms with E-state index in [2.05, 4.69) is 14.4 Å². The van der Waals surface area contributed by atoms with Crippen LogP contribution in [0.25, 0.3) is 15.9 Å². The van der Waals surface area contributed by atoms with Gasteiger partial charge in [-0.05, 0) is 57.6 Å². The first-order valence-electron chi connectivity index (χ1n) is 10.6. The summed E-state index contributed by atoms with van der Waals surface area (Å²) in [5.74, 6) is -0.00217. The van der Waals surface area contributed by atoms with Gasteiger partial charge in [0, 0.05) is 13.1 Å². The second-order valence-electron chi connectivity index (χ2n) is 9.43. The van der Waals surface area contributed by atoms with Crippen LogP contribution in [-0.2, 0) is 20.8 Å². The zero-order chi connectivity index (χ0) is 22.2. The molecule has 0 radical (unpaired) electrons. The number of esters is 1. The lowest BCUT2D eigenvalue weighted by Gasteiger charge is -2.36. The Morgan fingerprint density at radius 3 is 3.00 bits per heavy atom. The molecule has 1 aliphatic carbocycles. The normalized spacial score (nSPS) is 23.7. The van der Waals surface area contributed by atoms with Crippen molar-refractivity contribution in [2.75, 3.05) is 20.2 Å². The Morgan fingerprint density at radius 2 is 2.26 bits per heavy atom. The van der Waals surface area contributed by atoms with E-state index < -0.39 is 11.0 Å². The maximum Gasteiger partial charge on any atom is 0.410 e. The van der Waals surface area contributed by atoms with Gasteiger partial charge in [0.1, 0.15) is 5.60 Å². The summed E-state index contributed by atoms with van der Waals surface area (Å²) in [5.41, 5.74) is 1.14. The van der Waals surface area contributed by atoms with Crippen molar-refractivity contribution in [1.82, 2.24) is 14.5 Å².